The van der Waals surface area contributed by atoms with Gasteiger partial charge in [0.15, 0.2) is 0 Å². The molecule has 2 aliphatic rings. The van der Waals surface area contributed by atoms with Crippen LogP contribution in [0.5, 0.6) is 0 Å². The van der Waals surface area contributed by atoms with Crippen LogP contribution < -0.4 is 4.90 Å². The fourth-order valence-corrected chi connectivity index (χ4v) is 3.79. The topological polar surface area (TPSA) is 66.7 Å². The molecule has 2 atom stereocenters. The van der Waals surface area contributed by atoms with Crippen molar-refractivity contribution in [3.8, 4) is 0 Å². The summed E-state index contributed by atoms with van der Waals surface area (Å²) in [5.41, 5.74) is 0.965. The van der Waals surface area contributed by atoms with Crippen LogP contribution in [0.4, 0.5) is 5.69 Å². The van der Waals surface area contributed by atoms with Crippen molar-refractivity contribution in [2.24, 2.45) is 11.8 Å². The van der Waals surface area contributed by atoms with Gasteiger partial charge in [-0.05, 0) is 11.4 Å². The summed E-state index contributed by atoms with van der Waals surface area (Å²) in [5.74, 6) is 0.265. The van der Waals surface area contributed by atoms with E-state index in [4.69, 9.17) is 4.52 Å². The van der Waals surface area contributed by atoms with Gasteiger partial charge in [0, 0.05) is 37.0 Å². The summed E-state index contributed by atoms with van der Waals surface area (Å²) in [6, 6.07) is 3.51. The molecule has 0 saturated carbocycles. The Bertz CT molecular complexity index is 668. The summed E-state index contributed by atoms with van der Waals surface area (Å²) >= 11 is 1.58. The highest BCUT2D eigenvalue weighted by atomic mass is 32.1. The molecule has 108 valence electrons. The third-order valence-electron chi connectivity index (χ3n) is 4.19. The third kappa shape index (κ3) is 1.96. The molecule has 0 aromatic carbocycles. The molecule has 0 unspecified atom stereocenters. The van der Waals surface area contributed by atoms with Crippen molar-refractivity contribution in [3.05, 3.63) is 34.8 Å². The van der Waals surface area contributed by atoms with Gasteiger partial charge in [0.1, 0.15) is 0 Å². The Labute approximate surface area is 124 Å². The predicted molar refractivity (Wildman–Crippen MR) is 76.1 cm³/mol. The smallest absolute Gasteiger partial charge is 0.292 e. The number of aromatic nitrogens is 1. The first kappa shape index (κ1) is 12.6. The summed E-state index contributed by atoms with van der Waals surface area (Å²) in [6.07, 6.45) is 1.45. The van der Waals surface area contributed by atoms with Crippen molar-refractivity contribution in [2.45, 2.75) is 0 Å². The molecule has 7 heteroatoms. The molecule has 2 saturated heterocycles. The van der Waals surface area contributed by atoms with E-state index in [2.05, 4.69) is 5.16 Å². The van der Waals surface area contributed by atoms with Gasteiger partial charge >= 0.3 is 0 Å². The third-order valence-corrected chi connectivity index (χ3v) is 4.87. The molecule has 6 nitrogen and oxygen atoms in total. The zero-order chi connectivity index (χ0) is 14.4. The molecule has 0 aliphatic carbocycles. The fraction of sp³-hybridized carbons (Fsp3) is 0.357. The van der Waals surface area contributed by atoms with E-state index in [1.807, 2.05) is 21.7 Å². The second-order valence-electron chi connectivity index (χ2n) is 5.38. The molecule has 2 aromatic rings. The van der Waals surface area contributed by atoms with Crippen molar-refractivity contribution in [1.29, 1.82) is 0 Å². The van der Waals surface area contributed by atoms with E-state index >= 15 is 0 Å². The van der Waals surface area contributed by atoms with Gasteiger partial charge in [-0.1, -0.05) is 5.16 Å². The first-order chi connectivity index (χ1) is 10.2. The Morgan fingerprint density at radius 1 is 1.33 bits per heavy atom. The number of fused-ring (bicyclic) bond motifs is 1. The maximum absolute atomic E-state index is 12.5. The Kier molecular flexibility index (Phi) is 2.81. The molecule has 2 aromatic heterocycles. The van der Waals surface area contributed by atoms with Crippen molar-refractivity contribution in [2.75, 3.05) is 24.5 Å². The van der Waals surface area contributed by atoms with Crippen molar-refractivity contribution >= 4 is 28.8 Å². The van der Waals surface area contributed by atoms with Crippen molar-refractivity contribution < 1.29 is 14.1 Å². The number of nitrogens with zero attached hydrogens (tertiary/aromatic N) is 3. The van der Waals surface area contributed by atoms with E-state index in [-0.39, 0.29) is 29.4 Å². The average Bonchev–Trinajstić information content (AvgIpc) is 3.25. The lowest BCUT2D eigenvalue weighted by Gasteiger charge is -2.20. The summed E-state index contributed by atoms with van der Waals surface area (Å²) in [7, 11) is 0. The van der Waals surface area contributed by atoms with E-state index in [9.17, 15) is 9.59 Å². The summed E-state index contributed by atoms with van der Waals surface area (Å²) < 4.78 is 4.90. The van der Waals surface area contributed by atoms with Crippen LogP contribution in [0.15, 0.2) is 33.6 Å². The highest BCUT2D eigenvalue weighted by Crippen LogP contribution is 2.36. The van der Waals surface area contributed by atoms with E-state index < -0.39 is 0 Å². The molecule has 4 rings (SSSR count). The Hall–Kier alpha value is -2.15. The molecular weight excluding hydrogens is 290 g/mol. The fourth-order valence-electron chi connectivity index (χ4n) is 3.15. The first-order valence-electron chi connectivity index (χ1n) is 6.77. The van der Waals surface area contributed by atoms with Gasteiger partial charge in [-0.2, -0.15) is 11.3 Å². The molecule has 2 aliphatic heterocycles. The molecular formula is C14H13N3O3S. The molecule has 2 amide bonds. The Balaban J connectivity index is 1.50. The summed E-state index contributed by atoms with van der Waals surface area (Å²) in [5, 5.41) is 7.50. The minimum absolute atomic E-state index is 0.100. The van der Waals surface area contributed by atoms with Gasteiger partial charge in [-0.25, -0.2) is 0 Å². The van der Waals surface area contributed by atoms with Crippen LogP contribution in [0.25, 0.3) is 0 Å². The summed E-state index contributed by atoms with van der Waals surface area (Å²) in [4.78, 5) is 28.3. The lowest BCUT2D eigenvalue weighted by atomic mass is 10.0. The summed E-state index contributed by atoms with van der Waals surface area (Å²) in [6.45, 7) is 1.74. The predicted octanol–water partition coefficient (Wildman–Crippen LogP) is 1.47. The lowest BCUT2D eigenvalue weighted by molar-refractivity contribution is -0.120. The molecule has 2 fully saturated rings. The van der Waals surface area contributed by atoms with Crippen molar-refractivity contribution in [3.63, 3.8) is 0 Å². The molecule has 0 N–H and O–H groups in total. The number of amides is 2. The number of hydrogen-bond acceptors (Lipinski definition) is 5. The van der Waals surface area contributed by atoms with Gasteiger partial charge in [0.05, 0.1) is 17.8 Å². The quantitative estimate of drug-likeness (QED) is 0.842. The van der Waals surface area contributed by atoms with Crippen LogP contribution in [0.3, 0.4) is 0 Å². The number of likely N-dealkylation sites (tertiary alicyclic amines) is 1. The zero-order valence-electron chi connectivity index (χ0n) is 11.1. The maximum atomic E-state index is 12.5. The van der Waals surface area contributed by atoms with Crippen LogP contribution in [-0.2, 0) is 4.79 Å². The van der Waals surface area contributed by atoms with Crippen LogP contribution >= 0.6 is 11.3 Å². The highest BCUT2D eigenvalue weighted by molar-refractivity contribution is 7.08. The van der Waals surface area contributed by atoms with Gasteiger partial charge in [-0.3, -0.25) is 9.59 Å². The Morgan fingerprint density at radius 3 is 2.90 bits per heavy atom. The number of carbonyl (C=O) groups excluding carboxylic acids is 2. The molecule has 21 heavy (non-hydrogen) atoms. The molecule has 0 bridgehead atoms. The standard InChI is InChI=1S/C14H13N3O3S/c18-13-11-7-16(14(19)12-1-3-15-20-12)5-9(11)6-17(13)10-2-4-21-8-10/h1-4,8-9,11H,5-7H2/t9-,11-/m1/s1. The SMILES string of the molecule is O=C(c1ccno1)N1C[C@@H]2CN(c3ccsc3)C(=O)[C@@H]2C1. The van der Waals surface area contributed by atoms with E-state index in [0.717, 1.165) is 5.69 Å². The highest BCUT2D eigenvalue weighted by Gasteiger charge is 2.48. The normalized spacial score (nSPS) is 24.7. The monoisotopic (exact) mass is 303 g/mol. The first-order valence-corrected chi connectivity index (χ1v) is 7.72. The van der Waals surface area contributed by atoms with Crippen LogP contribution in [0.1, 0.15) is 10.6 Å². The maximum Gasteiger partial charge on any atom is 0.292 e. The number of anilines is 1. The minimum atomic E-state index is -0.184. The van der Waals surface area contributed by atoms with E-state index in [1.165, 1.54) is 6.20 Å². The van der Waals surface area contributed by atoms with Gasteiger partial charge < -0.3 is 14.3 Å². The molecule has 0 spiro atoms. The largest absolute Gasteiger partial charge is 0.351 e. The van der Waals surface area contributed by atoms with Gasteiger partial charge in [0.25, 0.3) is 5.91 Å². The van der Waals surface area contributed by atoms with Gasteiger partial charge in [0.2, 0.25) is 11.7 Å². The van der Waals surface area contributed by atoms with Gasteiger partial charge in [-0.15, -0.1) is 0 Å². The lowest BCUT2D eigenvalue weighted by Crippen LogP contribution is -2.35. The second-order valence-corrected chi connectivity index (χ2v) is 6.16. The van der Waals surface area contributed by atoms with Crippen molar-refractivity contribution in [1.82, 2.24) is 10.1 Å². The van der Waals surface area contributed by atoms with Crippen LogP contribution in [0, 0.1) is 11.8 Å². The van der Waals surface area contributed by atoms with E-state index in [1.54, 1.807) is 22.3 Å². The second kappa shape index (κ2) is 4.70. The zero-order valence-corrected chi connectivity index (χ0v) is 12.0. The number of rotatable bonds is 2. The van der Waals surface area contributed by atoms with Crippen LogP contribution in [0.2, 0.25) is 0 Å². The molecule has 4 heterocycles. The Morgan fingerprint density at radius 2 is 2.24 bits per heavy atom. The van der Waals surface area contributed by atoms with E-state index in [0.29, 0.717) is 19.6 Å². The van der Waals surface area contributed by atoms with Crippen LogP contribution in [-0.4, -0.2) is 41.5 Å². The number of thiophene rings is 1. The number of hydrogen-bond donors (Lipinski definition) is 0. The minimum Gasteiger partial charge on any atom is -0.351 e. The number of carbonyl (C=O) groups is 2. The average molecular weight is 303 g/mol. The molecule has 0 radical (unpaired) electrons.